The molecule has 240 valence electrons. The van der Waals surface area contributed by atoms with Crippen molar-refractivity contribution >= 4 is 38.8 Å². The molecular weight excluding hydrogens is 601 g/mol. The van der Waals surface area contributed by atoms with Gasteiger partial charge in [-0.3, -0.25) is 9.36 Å². The second-order valence-electron chi connectivity index (χ2n) is 13.6. The van der Waals surface area contributed by atoms with E-state index in [0.29, 0.717) is 11.1 Å². The minimum Gasteiger partial charge on any atom is -0.455 e. The highest BCUT2D eigenvalue weighted by Crippen LogP contribution is 2.42. The molecule has 0 aliphatic rings. The molecular formula is C45H38N2O2. The predicted octanol–water partition coefficient (Wildman–Crippen LogP) is 12.4. The van der Waals surface area contributed by atoms with Gasteiger partial charge in [-0.2, -0.15) is 0 Å². The Morgan fingerprint density at radius 3 is 1.94 bits per heavy atom. The van der Waals surface area contributed by atoms with Gasteiger partial charge < -0.3 is 4.42 Å². The van der Waals surface area contributed by atoms with Gasteiger partial charge in [-0.25, -0.2) is 4.98 Å². The van der Waals surface area contributed by atoms with Gasteiger partial charge >= 0.3 is 0 Å². The largest absolute Gasteiger partial charge is 0.455 e. The van der Waals surface area contributed by atoms with Crippen molar-refractivity contribution in [2.45, 2.75) is 46.5 Å². The normalized spacial score (nSPS) is 11.8. The number of aromatic nitrogens is 2. The van der Waals surface area contributed by atoms with Crippen LogP contribution in [0.25, 0.3) is 72.3 Å². The van der Waals surface area contributed by atoms with Crippen molar-refractivity contribution in [3.63, 3.8) is 0 Å². The topological polar surface area (TPSA) is 48.0 Å². The fourth-order valence-corrected chi connectivity index (χ4v) is 7.10. The van der Waals surface area contributed by atoms with Gasteiger partial charge in [0.25, 0.3) is 0 Å². The molecule has 2 heterocycles. The van der Waals surface area contributed by atoms with E-state index in [1.54, 1.807) is 6.92 Å². The number of imidazole rings is 1. The van der Waals surface area contributed by atoms with Crippen molar-refractivity contribution in [3.8, 4) is 39.3 Å². The number of Topliss-reactive ketones (excluding diaryl/α,β-unsaturated/α-hetero) is 1. The lowest BCUT2D eigenvalue weighted by Crippen LogP contribution is -2.09. The Kier molecular flexibility index (Phi) is 7.52. The zero-order valence-corrected chi connectivity index (χ0v) is 28.5. The third-order valence-corrected chi connectivity index (χ3v) is 9.67. The van der Waals surface area contributed by atoms with E-state index in [0.717, 1.165) is 38.8 Å². The summed E-state index contributed by atoms with van der Waals surface area (Å²) in [7, 11) is 0. The van der Waals surface area contributed by atoms with E-state index in [2.05, 4.69) is 135 Å². The highest BCUT2D eigenvalue weighted by Gasteiger charge is 2.25. The fraction of sp³-hybridized carbons (Fsp3) is 0.156. The Morgan fingerprint density at radius 1 is 0.633 bits per heavy atom. The van der Waals surface area contributed by atoms with Crippen LogP contribution in [-0.4, -0.2) is 15.3 Å². The maximum absolute atomic E-state index is 12.2. The molecule has 4 nitrogen and oxygen atoms in total. The van der Waals surface area contributed by atoms with Crippen LogP contribution < -0.4 is 0 Å². The van der Waals surface area contributed by atoms with Crippen LogP contribution in [0.1, 0.15) is 67.9 Å². The lowest BCUT2D eigenvalue weighted by molar-refractivity contribution is 0.101. The molecule has 0 aliphatic heterocycles. The minimum absolute atomic E-state index is 0.0161. The van der Waals surface area contributed by atoms with E-state index in [4.69, 9.17) is 9.40 Å². The van der Waals surface area contributed by atoms with Gasteiger partial charge in [0.1, 0.15) is 17.0 Å². The Hall–Kier alpha value is -5.74. The molecule has 2 aromatic heterocycles. The number of nitrogens with zero attached hydrogens (tertiary/aromatic N) is 2. The maximum Gasteiger partial charge on any atom is 0.159 e. The minimum atomic E-state index is 0.0161. The van der Waals surface area contributed by atoms with Crippen LogP contribution >= 0.6 is 0 Å². The monoisotopic (exact) mass is 638 g/mol. The molecule has 49 heavy (non-hydrogen) atoms. The third kappa shape index (κ3) is 5.25. The van der Waals surface area contributed by atoms with Gasteiger partial charge in [0.05, 0.1) is 22.3 Å². The van der Waals surface area contributed by atoms with Crippen molar-refractivity contribution in [2.75, 3.05) is 0 Å². The van der Waals surface area contributed by atoms with Gasteiger partial charge in [0.2, 0.25) is 0 Å². The van der Waals surface area contributed by atoms with E-state index < -0.39 is 0 Å². The van der Waals surface area contributed by atoms with Crippen LogP contribution in [0.5, 0.6) is 0 Å². The Labute approximate surface area is 286 Å². The van der Waals surface area contributed by atoms with Crippen molar-refractivity contribution in [2.24, 2.45) is 0 Å². The molecule has 6 aromatic carbocycles. The highest BCUT2D eigenvalue weighted by molar-refractivity contribution is 6.11. The van der Waals surface area contributed by atoms with E-state index >= 15 is 0 Å². The Bertz CT molecular complexity index is 2490. The number of hydrogen-bond acceptors (Lipinski definition) is 3. The number of benzene rings is 6. The van der Waals surface area contributed by atoms with E-state index in [1.165, 1.54) is 39.1 Å². The number of fused-ring (bicyclic) bond motifs is 4. The van der Waals surface area contributed by atoms with Crippen LogP contribution in [0.3, 0.4) is 0 Å². The lowest BCUT2D eigenvalue weighted by Gasteiger charge is -2.24. The third-order valence-electron chi connectivity index (χ3n) is 9.67. The smallest absolute Gasteiger partial charge is 0.159 e. The zero-order chi connectivity index (χ0) is 33.8. The molecule has 0 radical (unpaired) electrons. The molecule has 0 aliphatic carbocycles. The summed E-state index contributed by atoms with van der Waals surface area (Å²) in [6.45, 7) is 10.7. The Morgan fingerprint density at radius 2 is 1.27 bits per heavy atom. The quantitative estimate of drug-likeness (QED) is 0.163. The predicted molar refractivity (Wildman–Crippen MR) is 203 cm³/mol. The number of ketones is 1. The van der Waals surface area contributed by atoms with Gasteiger partial charge in [-0.05, 0) is 94.6 Å². The lowest BCUT2D eigenvalue weighted by atomic mass is 9.87. The first-order valence-electron chi connectivity index (χ1n) is 17.1. The number of carbonyl (C=O) groups excluding carboxylic acids is 1. The van der Waals surface area contributed by atoms with Crippen molar-refractivity contribution in [3.05, 3.63) is 144 Å². The van der Waals surface area contributed by atoms with E-state index in [9.17, 15) is 4.79 Å². The van der Waals surface area contributed by atoms with Crippen molar-refractivity contribution in [1.29, 1.82) is 0 Å². The summed E-state index contributed by atoms with van der Waals surface area (Å²) in [6, 6.07) is 44.5. The fourth-order valence-electron chi connectivity index (χ4n) is 7.10. The summed E-state index contributed by atoms with van der Waals surface area (Å²) in [5.41, 5.74) is 13.5. The number of para-hydroxylation sites is 3. The van der Waals surface area contributed by atoms with Gasteiger partial charge in [-0.1, -0.05) is 113 Å². The van der Waals surface area contributed by atoms with E-state index in [1.807, 2.05) is 24.3 Å². The number of rotatable bonds is 7. The first kappa shape index (κ1) is 30.6. The molecule has 0 atom stereocenters. The van der Waals surface area contributed by atoms with E-state index in [-0.39, 0.29) is 17.6 Å². The number of carbonyl (C=O) groups is 1. The molecule has 0 bridgehead atoms. The first-order valence-corrected chi connectivity index (χ1v) is 17.1. The van der Waals surface area contributed by atoms with Gasteiger partial charge in [-0.15, -0.1) is 0 Å². The van der Waals surface area contributed by atoms with Crippen LogP contribution in [0.15, 0.2) is 132 Å². The summed E-state index contributed by atoms with van der Waals surface area (Å²) in [5, 5.41) is 1.99. The maximum atomic E-state index is 12.2. The summed E-state index contributed by atoms with van der Waals surface area (Å²) < 4.78 is 8.94. The molecule has 0 amide bonds. The number of furan rings is 1. The molecule has 0 fully saturated rings. The molecule has 0 spiro atoms. The molecule has 0 unspecified atom stereocenters. The molecule has 8 rings (SSSR count). The van der Waals surface area contributed by atoms with Crippen molar-refractivity contribution in [1.82, 2.24) is 9.55 Å². The standard InChI is InChI=1S/C45H38N2O2/c1-27(2)38-24-34(32-20-18-31(19-21-32)30-12-7-6-8-13-30)25-39(28(3)4)43(38)47-41-17-10-9-16-40(41)46-45(47)37-15-11-14-36-35-23-22-33(29(5)48)26-42(35)49-44(36)37/h6-28H,1-5H3. The number of hydrogen-bond donors (Lipinski definition) is 0. The van der Waals surface area contributed by atoms with Gasteiger partial charge in [0, 0.05) is 16.3 Å². The average molecular weight is 639 g/mol. The zero-order valence-electron chi connectivity index (χ0n) is 28.5. The molecule has 8 aromatic rings. The Balaban J connectivity index is 1.37. The highest BCUT2D eigenvalue weighted by atomic mass is 16.3. The van der Waals surface area contributed by atoms with Crippen LogP contribution in [-0.2, 0) is 0 Å². The van der Waals surface area contributed by atoms with Gasteiger partial charge in [0.15, 0.2) is 5.78 Å². The molecule has 0 saturated heterocycles. The van der Waals surface area contributed by atoms with Crippen molar-refractivity contribution < 1.29 is 9.21 Å². The second-order valence-corrected chi connectivity index (χ2v) is 13.6. The molecule has 0 saturated carbocycles. The van der Waals surface area contributed by atoms with Crippen LogP contribution in [0, 0.1) is 0 Å². The molecule has 4 heteroatoms. The molecule has 0 N–H and O–H groups in total. The summed E-state index contributed by atoms with van der Waals surface area (Å²) in [4.78, 5) is 17.5. The first-order chi connectivity index (χ1) is 23.8. The van der Waals surface area contributed by atoms with Crippen LogP contribution in [0.2, 0.25) is 0 Å². The summed E-state index contributed by atoms with van der Waals surface area (Å²) >= 11 is 0. The second kappa shape index (κ2) is 12.1. The SMILES string of the molecule is CC(=O)c1ccc2c(c1)oc1c(-c3nc4ccccc4n3-c3c(C(C)C)cc(-c4ccc(-c5ccccc5)cc4)cc3C(C)C)cccc12. The van der Waals surface area contributed by atoms with Crippen LogP contribution in [0.4, 0.5) is 0 Å². The average Bonchev–Trinajstić information content (AvgIpc) is 3.69. The summed E-state index contributed by atoms with van der Waals surface area (Å²) in [6.07, 6.45) is 0. The summed E-state index contributed by atoms with van der Waals surface area (Å²) in [5.74, 6) is 1.35.